The highest BCUT2D eigenvalue weighted by molar-refractivity contribution is 7.73. The molecule has 0 N–H and O–H groups in total. The summed E-state index contributed by atoms with van der Waals surface area (Å²) in [4.78, 5) is 0. The van der Waals surface area contributed by atoms with E-state index in [9.17, 15) is 0 Å². The lowest BCUT2D eigenvalue weighted by atomic mass is 11.8. The topological polar surface area (TPSA) is 9.72 Å². The van der Waals surface area contributed by atoms with E-state index in [4.69, 9.17) is 99.7 Å². The second-order valence-electron chi connectivity index (χ2n) is 6.46. The van der Waals surface area contributed by atoms with Gasteiger partial charge >= 0.3 is 18.5 Å². The molecule has 0 aromatic heterocycles. The van der Waals surface area contributed by atoms with Crippen LogP contribution < -0.4 is 0 Å². The maximum atomic E-state index is 6.44. The first-order valence-electron chi connectivity index (χ1n) is 6.67. The molecule has 0 amide bonds. The van der Waals surface area contributed by atoms with E-state index in [0.29, 0.717) is 0 Å². The largest absolute Gasteiger partial charge is 0.433 e. The Labute approximate surface area is 192 Å². The summed E-state index contributed by atoms with van der Waals surface area (Å²) < 4.78 is 5.74. The molecule has 143 valence electrons. The smallest absolute Gasteiger partial charge is 0.306 e. The summed E-state index contributed by atoms with van der Waals surface area (Å²) in [7, 11) is -5.53. The van der Waals surface area contributed by atoms with Crippen molar-refractivity contribution >= 4 is 144 Å². The minimum atomic E-state index is -3.49. The van der Waals surface area contributed by atoms with Crippen molar-refractivity contribution in [2.24, 2.45) is 0 Å². The molecule has 0 spiro atoms. The highest BCUT2D eigenvalue weighted by Gasteiger charge is 2.75. The van der Waals surface area contributed by atoms with E-state index in [1.165, 1.54) is 4.34 Å². The van der Waals surface area contributed by atoms with E-state index >= 15 is 0 Å². The number of hydrogen-bond acceptors (Lipinski definition) is 3. The molecule has 0 saturated carbocycles. The van der Waals surface area contributed by atoms with Gasteiger partial charge in [-0.3, -0.25) is 4.34 Å². The SMILES string of the molecule is C[Si](C)C[Si]1(C)N(N([Si](Cl)(Cl)Cl)[Si](Cl)(Cl)Cl)[Si](C)(C)N1[Si](Cl)(Cl)Cl. The van der Waals surface area contributed by atoms with Crippen molar-refractivity contribution in [1.29, 1.82) is 0 Å². The van der Waals surface area contributed by atoms with Gasteiger partial charge in [0.25, 0.3) is 0 Å². The van der Waals surface area contributed by atoms with Gasteiger partial charge in [0.1, 0.15) is 0 Å². The normalized spacial score (nSPS) is 27.0. The lowest BCUT2D eigenvalue weighted by molar-refractivity contribution is 0.306. The molecule has 1 radical (unpaired) electrons. The van der Waals surface area contributed by atoms with E-state index in [2.05, 4.69) is 27.9 Å². The lowest BCUT2D eigenvalue weighted by Gasteiger charge is -2.73. The van der Waals surface area contributed by atoms with Crippen LogP contribution in [0, 0.1) is 0 Å². The zero-order chi connectivity index (χ0) is 19.5. The predicted octanol–water partition coefficient (Wildman–Crippen LogP) is 6.34. The predicted molar refractivity (Wildman–Crippen MR) is 127 cm³/mol. The first-order valence-corrected chi connectivity index (χ1v) is 29.8. The number of halogens is 9. The van der Waals surface area contributed by atoms with Gasteiger partial charge in [0, 0.05) is 8.80 Å². The molecule has 24 heavy (non-hydrogen) atoms. The van der Waals surface area contributed by atoms with E-state index in [1.807, 2.05) is 13.1 Å². The van der Waals surface area contributed by atoms with Crippen LogP contribution in [0.25, 0.3) is 0 Å². The fourth-order valence-electron chi connectivity index (χ4n) is 3.56. The minimum Gasteiger partial charge on any atom is -0.306 e. The Bertz CT molecular complexity index is 464. The minimum absolute atomic E-state index is 0.657. The fraction of sp³-hybridized carbons (Fsp3) is 1.00. The second-order valence-corrected chi connectivity index (χ2v) is 43.8. The maximum Gasteiger partial charge on any atom is 0.433 e. The zero-order valence-electron chi connectivity index (χ0n) is 13.5. The van der Waals surface area contributed by atoms with Crippen LogP contribution in [0.2, 0.25) is 38.4 Å². The van der Waals surface area contributed by atoms with Crippen molar-refractivity contribution in [3.05, 3.63) is 0 Å². The molecule has 3 nitrogen and oxygen atoms in total. The molecule has 18 heteroatoms. The quantitative estimate of drug-likeness (QED) is 0.254. The van der Waals surface area contributed by atoms with E-state index in [-0.39, 0.29) is 0 Å². The van der Waals surface area contributed by atoms with Gasteiger partial charge in [0.2, 0.25) is 0 Å². The van der Waals surface area contributed by atoms with Gasteiger partial charge in [-0.05, 0) is 25.3 Å². The van der Waals surface area contributed by atoms with Gasteiger partial charge < -0.3 is 3.90 Å². The van der Waals surface area contributed by atoms with Crippen molar-refractivity contribution in [3.8, 4) is 0 Å². The van der Waals surface area contributed by atoms with Gasteiger partial charge in [0.05, 0.1) is 0 Å². The van der Waals surface area contributed by atoms with Crippen molar-refractivity contribution < 1.29 is 0 Å². The van der Waals surface area contributed by atoms with Crippen LogP contribution in [0.15, 0.2) is 0 Å². The molecule has 1 atom stereocenters. The second kappa shape index (κ2) is 8.14. The van der Waals surface area contributed by atoms with Crippen LogP contribution in [0.5, 0.6) is 0 Å². The Hall–Kier alpha value is 3.79. The number of hydrazine groups is 1. The van der Waals surface area contributed by atoms with Gasteiger partial charge in [0.15, 0.2) is 16.8 Å². The van der Waals surface area contributed by atoms with Crippen LogP contribution in [0.3, 0.4) is 0 Å². The third-order valence-electron chi connectivity index (χ3n) is 3.63. The average molecular weight is 619 g/mol. The molecule has 1 unspecified atom stereocenters. The Kier molecular flexibility index (Phi) is 8.76. The van der Waals surface area contributed by atoms with Crippen molar-refractivity contribution in [3.63, 3.8) is 0 Å². The van der Waals surface area contributed by atoms with Crippen molar-refractivity contribution in [1.82, 2.24) is 12.6 Å². The summed E-state index contributed by atoms with van der Waals surface area (Å²) in [5.41, 5.74) is 0.913. The highest BCUT2D eigenvalue weighted by atomic mass is 35.9. The Morgan fingerprint density at radius 2 is 1.21 bits per heavy atom. The first-order chi connectivity index (χ1) is 10.3. The number of rotatable bonds is 6. The maximum absolute atomic E-state index is 6.44. The molecule has 1 saturated heterocycles. The zero-order valence-corrected chi connectivity index (χ0v) is 26.3. The van der Waals surface area contributed by atoms with Crippen LogP contribution in [-0.2, 0) is 0 Å². The van der Waals surface area contributed by atoms with Crippen LogP contribution in [0.1, 0.15) is 0 Å². The molecule has 1 heterocycles. The molecule has 1 aliphatic rings. The van der Waals surface area contributed by atoms with Crippen molar-refractivity contribution in [2.45, 2.75) is 38.4 Å². The summed E-state index contributed by atoms with van der Waals surface area (Å²) in [5.74, 6) is 0. The summed E-state index contributed by atoms with van der Waals surface area (Å²) >= 11 is 57.3. The van der Waals surface area contributed by atoms with Gasteiger partial charge in [-0.2, -0.15) is 0 Å². The van der Waals surface area contributed by atoms with E-state index < -0.39 is 44.1 Å². The third-order valence-corrected chi connectivity index (χ3v) is 39.0. The lowest BCUT2D eigenvalue weighted by Crippen LogP contribution is -2.98. The van der Waals surface area contributed by atoms with Crippen LogP contribution in [-0.4, -0.2) is 56.7 Å². The van der Waals surface area contributed by atoms with Gasteiger partial charge in [-0.15, -0.1) is 99.7 Å². The Balaban J connectivity index is 3.53. The van der Waals surface area contributed by atoms with Gasteiger partial charge in [-0.1, -0.05) is 13.1 Å². The molecule has 1 fully saturated rings. The van der Waals surface area contributed by atoms with E-state index in [0.717, 1.165) is 5.67 Å². The molecule has 0 aromatic carbocycles. The molecule has 1 aliphatic heterocycles. The molecular weight excluding hydrogens is 602 g/mol. The molecule has 0 aromatic rings. The summed E-state index contributed by atoms with van der Waals surface area (Å²) in [6.45, 7) is 10.6. The molecule has 0 bridgehead atoms. The standard InChI is InChI=1S/C6H17Cl9N3Si6/c1-19(2)6-21(5)16(17(22(7,8)9)23(10,11)12)20(3,4)18(21)24(13,14)15/h6H2,1-5H3. The molecule has 1 rings (SSSR count). The average Bonchev–Trinajstić information content (AvgIpc) is 2.17. The molecule has 0 aliphatic carbocycles. The van der Waals surface area contributed by atoms with Crippen molar-refractivity contribution in [2.75, 3.05) is 0 Å². The Morgan fingerprint density at radius 1 is 0.833 bits per heavy atom. The summed E-state index contributed by atoms with van der Waals surface area (Å²) in [5, 5.41) is 0. The monoisotopic (exact) mass is 614 g/mol. The summed E-state index contributed by atoms with van der Waals surface area (Å²) in [6.07, 6.45) is -10.1. The number of hydrogen-bond donors (Lipinski definition) is 0. The van der Waals surface area contributed by atoms with Crippen LogP contribution >= 0.6 is 99.7 Å². The van der Waals surface area contributed by atoms with Gasteiger partial charge in [-0.25, -0.2) is 4.34 Å². The third kappa shape index (κ3) is 5.28. The van der Waals surface area contributed by atoms with Crippen LogP contribution in [0.4, 0.5) is 0 Å². The van der Waals surface area contributed by atoms with E-state index in [1.54, 1.807) is 0 Å². The fourth-order valence-corrected chi connectivity index (χ4v) is 60.0. The Morgan fingerprint density at radius 3 is 1.46 bits per heavy atom. The first kappa shape index (κ1) is 25.8. The summed E-state index contributed by atoms with van der Waals surface area (Å²) in [6, 6.07) is 0. The number of nitrogens with zero attached hydrogens (tertiary/aromatic N) is 3. The molecular formula is C6H17Cl9N3Si6. The highest BCUT2D eigenvalue weighted by Crippen LogP contribution is 2.53.